The van der Waals surface area contributed by atoms with Crippen LogP contribution >= 0.6 is 0 Å². The predicted molar refractivity (Wildman–Crippen MR) is 113 cm³/mol. The first-order valence-corrected chi connectivity index (χ1v) is 10.5. The van der Waals surface area contributed by atoms with E-state index >= 15 is 0 Å². The maximum Gasteiger partial charge on any atom is 0.416 e. The molecular formula is C23H19F4N5O2. The van der Waals surface area contributed by atoms with Crippen LogP contribution in [0, 0.1) is 23.1 Å². The highest BCUT2D eigenvalue weighted by Crippen LogP contribution is 2.35. The lowest BCUT2D eigenvalue weighted by Crippen LogP contribution is -2.48. The Hall–Kier alpha value is -3.94. The quantitative estimate of drug-likeness (QED) is 0.451. The number of fused-ring (bicyclic) bond motifs is 1. The Morgan fingerprint density at radius 2 is 2.00 bits per heavy atom. The fraction of sp³-hybridized carbons (Fsp3) is 0.304. The lowest BCUT2D eigenvalue weighted by atomic mass is 10.0. The molecule has 2 atom stereocenters. The van der Waals surface area contributed by atoms with Crippen molar-refractivity contribution in [3.63, 3.8) is 0 Å². The van der Waals surface area contributed by atoms with Gasteiger partial charge in [-0.2, -0.15) is 18.4 Å². The zero-order valence-electron chi connectivity index (χ0n) is 17.6. The van der Waals surface area contributed by atoms with Crippen molar-refractivity contribution in [2.24, 2.45) is 5.92 Å². The smallest absolute Gasteiger partial charge is 0.348 e. The number of carbonyl (C=O) groups excluding carboxylic acids is 2. The Morgan fingerprint density at radius 1 is 1.24 bits per heavy atom. The summed E-state index contributed by atoms with van der Waals surface area (Å²) in [4.78, 5) is 32.1. The number of pyridine rings is 1. The molecule has 176 valence electrons. The van der Waals surface area contributed by atoms with Crippen LogP contribution < -0.4 is 10.6 Å². The number of halogens is 4. The zero-order valence-corrected chi connectivity index (χ0v) is 17.6. The monoisotopic (exact) mass is 473 g/mol. The van der Waals surface area contributed by atoms with Crippen LogP contribution in [-0.2, 0) is 11.0 Å². The van der Waals surface area contributed by atoms with E-state index in [0.717, 1.165) is 31.3 Å². The van der Waals surface area contributed by atoms with Crippen molar-refractivity contribution >= 4 is 22.7 Å². The summed E-state index contributed by atoms with van der Waals surface area (Å²) in [6.45, 7) is 0. The first kappa shape index (κ1) is 23.2. The standard InChI is InChI=1S/C23H19F4N5O2/c24-16-3-1-2-13-9-18(30-20(13)16)22(34)31-17(8-12-4-5-12)21(33)32-19(10-28)14-11-29-7-6-15(14)23(25,26)27/h1-3,6-7,9,11-12,17,19,30H,4-5,8H2,(H,31,34)(H,32,33). The summed E-state index contributed by atoms with van der Waals surface area (Å²) in [6.07, 6.45) is -0.972. The summed E-state index contributed by atoms with van der Waals surface area (Å²) < 4.78 is 54.0. The molecule has 11 heteroatoms. The average molecular weight is 473 g/mol. The summed E-state index contributed by atoms with van der Waals surface area (Å²) in [5.41, 5.74) is -1.42. The third-order valence-electron chi connectivity index (χ3n) is 5.62. The van der Waals surface area contributed by atoms with Crippen LogP contribution in [0.1, 0.15) is 46.9 Å². The van der Waals surface area contributed by atoms with Gasteiger partial charge in [0.1, 0.15) is 23.6 Å². The molecule has 0 aliphatic heterocycles. The van der Waals surface area contributed by atoms with Gasteiger partial charge in [0.15, 0.2) is 0 Å². The van der Waals surface area contributed by atoms with Gasteiger partial charge in [0.05, 0.1) is 17.1 Å². The van der Waals surface area contributed by atoms with Crippen molar-refractivity contribution < 1.29 is 27.2 Å². The Kier molecular flexibility index (Phi) is 6.24. The molecule has 1 fully saturated rings. The summed E-state index contributed by atoms with van der Waals surface area (Å²) in [7, 11) is 0. The third-order valence-corrected chi connectivity index (χ3v) is 5.62. The number of para-hydroxylation sites is 1. The molecule has 4 rings (SSSR count). The minimum absolute atomic E-state index is 0.0251. The Bertz CT molecular complexity index is 1280. The minimum Gasteiger partial charge on any atom is -0.348 e. The minimum atomic E-state index is -4.75. The molecule has 3 aromatic rings. The van der Waals surface area contributed by atoms with Gasteiger partial charge in [-0.05, 0) is 30.5 Å². The number of aromatic amines is 1. The third kappa shape index (κ3) is 5.01. The second-order valence-electron chi connectivity index (χ2n) is 8.12. The average Bonchev–Trinajstić information content (AvgIpc) is 3.50. The molecule has 0 spiro atoms. The number of nitrogens with one attached hydrogen (secondary N) is 3. The number of nitrogens with zero attached hydrogens (tertiary/aromatic N) is 2. The van der Waals surface area contributed by atoms with Gasteiger partial charge in [0, 0.05) is 23.3 Å². The molecule has 2 amide bonds. The molecule has 1 saturated carbocycles. The molecule has 1 aromatic carbocycles. The topological polar surface area (TPSA) is 111 Å². The molecular weight excluding hydrogens is 454 g/mol. The number of carbonyl (C=O) groups is 2. The molecule has 3 N–H and O–H groups in total. The van der Waals surface area contributed by atoms with Gasteiger partial charge >= 0.3 is 6.18 Å². The number of alkyl halides is 3. The largest absolute Gasteiger partial charge is 0.416 e. The number of benzene rings is 1. The fourth-order valence-electron chi connectivity index (χ4n) is 3.71. The van der Waals surface area contributed by atoms with Gasteiger partial charge in [-0.25, -0.2) is 4.39 Å². The van der Waals surface area contributed by atoms with Crippen LogP contribution in [0.5, 0.6) is 0 Å². The second kappa shape index (κ2) is 9.13. The Balaban J connectivity index is 1.54. The normalized spacial score (nSPS) is 15.4. The van der Waals surface area contributed by atoms with Crippen molar-refractivity contribution in [3.05, 3.63) is 65.4 Å². The van der Waals surface area contributed by atoms with Crippen LogP contribution in [0.3, 0.4) is 0 Å². The molecule has 0 radical (unpaired) electrons. The van der Waals surface area contributed by atoms with Crippen LogP contribution in [-0.4, -0.2) is 27.8 Å². The number of rotatable bonds is 7. The van der Waals surface area contributed by atoms with Crippen LogP contribution in [0.4, 0.5) is 17.6 Å². The van der Waals surface area contributed by atoms with E-state index in [0.29, 0.717) is 5.39 Å². The highest BCUT2D eigenvalue weighted by atomic mass is 19.4. The van der Waals surface area contributed by atoms with E-state index in [1.165, 1.54) is 18.2 Å². The maximum atomic E-state index is 14.0. The molecule has 2 heterocycles. The van der Waals surface area contributed by atoms with E-state index < -0.39 is 47.0 Å². The van der Waals surface area contributed by atoms with E-state index in [-0.39, 0.29) is 23.5 Å². The molecule has 2 unspecified atom stereocenters. The zero-order chi connectivity index (χ0) is 24.5. The van der Waals surface area contributed by atoms with Crippen molar-refractivity contribution in [1.82, 2.24) is 20.6 Å². The maximum absolute atomic E-state index is 14.0. The molecule has 0 bridgehead atoms. The fourth-order valence-corrected chi connectivity index (χ4v) is 3.71. The van der Waals surface area contributed by atoms with Crippen molar-refractivity contribution in [2.75, 3.05) is 0 Å². The predicted octanol–water partition coefficient (Wildman–Crippen LogP) is 4.00. The number of H-pyrrole nitrogens is 1. The number of hydrogen-bond acceptors (Lipinski definition) is 4. The molecule has 1 aliphatic rings. The summed E-state index contributed by atoms with van der Waals surface area (Å²) in [5, 5.41) is 14.8. The van der Waals surface area contributed by atoms with E-state index in [1.54, 1.807) is 12.1 Å². The van der Waals surface area contributed by atoms with E-state index in [2.05, 4.69) is 20.6 Å². The molecule has 34 heavy (non-hydrogen) atoms. The number of aromatic nitrogens is 2. The highest BCUT2D eigenvalue weighted by Gasteiger charge is 2.37. The second-order valence-corrected chi connectivity index (χ2v) is 8.12. The lowest BCUT2D eigenvalue weighted by molar-refractivity contribution is -0.138. The molecule has 7 nitrogen and oxygen atoms in total. The summed E-state index contributed by atoms with van der Waals surface area (Å²) in [6, 6.07) is 5.44. The van der Waals surface area contributed by atoms with E-state index in [1.807, 2.05) is 0 Å². The van der Waals surface area contributed by atoms with Gasteiger partial charge in [0.25, 0.3) is 5.91 Å². The first-order valence-electron chi connectivity index (χ1n) is 10.5. The lowest BCUT2D eigenvalue weighted by Gasteiger charge is -2.22. The molecule has 1 aliphatic carbocycles. The van der Waals surface area contributed by atoms with Crippen molar-refractivity contribution in [2.45, 2.75) is 37.5 Å². The van der Waals surface area contributed by atoms with Gasteiger partial charge in [-0.3, -0.25) is 14.6 Å². The van der Waals surface area contributed by atoms with Gasteiger partial charge in [0.2, 0.25) is 5.91 Å². The SMILES string of the molecule is N#CC(NC(=O)C(CC1CC1)NC(=O)c1cc2cccc(F)c2[nH]1)c1cnccc1C(F)(F)F. The molecule has 2 aromatic heterocycles. The van der Waals surface area contributed by atoms with Crippen LogP contribution in [0.2, 0.25) is 0 Å². The highest BCUT2D eigenvalue weighted by molar-refractivity contribution is 6.00. The van der Waals surface area contributed by atoms with Crippen LogP contribution in [0.15, 0.2) is 42.7 Å². The Labute approximate surface area is 191 Å². The first-order chi connectivity index (χ1) is 16.2. The molecule has 0 saturated heterocycles. The van der Waals surface area contributed by atoms with Crippen molar-refractivity contribution in [3.8, 4) is 6.07 Å². The Morgan fingerprint density at radius 3 is 2.65 bits per heavy atom. The van der Waals surface area contributed by atoms with E-state index in [4.69, 9.17) is 0 Å². The summed E-state index contributed by atoms with van der Waals surface area (Å²) in [5.74, 6) is -1.85. The van der Waals surface area contributed by atoms with Crippen molar-refractivity contribution in [1.29, 1.82) is 5.26 Å². The van der Waals surface area contributed by atoms with Gasteiger partial charge in [-0.1, -0.05) is 25.0 Å². The van der Waals surface area contributed by atoms with Gasteiger partial charge in [-0.15, -0.1) is 0 Å². The van der Waals surface area contributed by atoms with E-state index in [9.17, 15) is 32.4 Å². The number of amides is 2. The van der Waals surface area contributed by atoms with Gasteiger partial charge < -0.3 is 15.6 Å². The van der Waals surface area contributed by atoms with Crippen LogP contribution in [0.25, 0.3) is 10.9 Å². The number of nitriles is 1. The summed E-state index contributed by atoms with van der Waals surface area (Å²) >= 11 is 0. The number of hydrogen-bond donors (Lipinski definition) is 3.